The van der Waals surface area contributed by atoms with Gasteiger partial charge in [0.2, 0.25) is 0 Å². The lowest BCUT2D eigenvalue weighted by molar-refractivity contribution is -0.132. The smallest absolute Gasteiger partial charge is 0.356 e. The van der Waals surface area contributed by atoms with Gasteiger partial charge in [0.25, 0.3) is 0 Å². The maximum atomic E-state index is 12.2. The monoisotopic (exact) mass is 486 g/mol. The van der Waals surface area contributed by atoms with Gasteiger partial charge in [-0.25, -0.2) is 4.98 Å². The number of nitrogens with zero attached hydrogens (tertiary/aromatic N) is 4. The van der Waals surface area contributed by atoms with E-state index in [1.165, 1.54) is 7.05 Å². The van der Waals surface area contributed by atoms with Crippen LogP contribution in [-0.4, -0.2) is 68.8 Å². The Labute approximate surface area is 169 Å². The van der Waals surface area contributed by atoms with Gasteiger partial charge in [0.15, 0.2) is 5.96 Å². The van der Waals surface area contributed by atoms with E-state index in [1.807, 2.05) is 12.1 Å². The van der Waals surface area contributed by atoms with Gasteiger partial charge in [0.05, 0.1) is 6.42 Å². The Bertz CT molecular complexity index is 573. The first-order valence-corrected chi connectivity index (χ1v) is 8.27. The molecule has 26 heavy (non-hydrogen) atoms. The zero-order chi connectivity index (χ0) is 18.3. The van der Waals surface area contributed by atoms with Crippen LogP contribution in [0.5, 0.6) is 0 Å². The summed E-state index contributed by atoms with van der Waals surface area (Å²) in [5.74, 6) is 1.26. The van der Waals surface area contributed by atoms with Gasteiger partial charge in [-0.3, -0.25) is 4.99 Å². The van der Waals surface area contributed by atoms with Gasteiger partial charge >= 0.3 is 6.18 Å². The number of nitrogens with one attached hydrogen (secondary N) is 2. The van der Waals surface area contributed by atoms with Gasteiger partial charge in [-0.15, -0.1) is 24.0 Å². The van der Waals surface area contributed by atoms with Crippen molar-refractivity contribution in [3.63, 3.8) is 0 Å². The molecule has 2 heterocycles. The van der Waals surface area contributed by atoms with Gasteiger partial charge in [-0.05, 0) is 13.1 Å². The minimum Gasteiger partial charge on any atom is -0.356 e. The number of guanidine groups is 1. The molecule has 0 amide bonds. The SMILES string of the molecule is CN=C(NCCC(F)(F)F)NCc1cccnc1N1CCN(C)CC1.I. The van der Waals surface area contributed by atoms with Crippen LogP contribution in [0.2, 0.25) is 0 Å². The van der Waals surface area contributed by atoms with Crippen LogP contribution < -0.4 is 15.5 Å². The number of likely N-dealkylation sites (N-methyl/N-ethyl adjacent to an activating group) is 1. The highest BCUT2D eigenvalue weighted by Crippen LogP contribution is 2.19. The van der Waals surface area contributed by atoms with Crippen molar-refractivity contribution < 1.29 is 13.2 Å². The molecule has 0 bridgehead atoms. The number of halogens is 4. The third-order valence-corrected chi connectivity index (χ3v) is 4.04. The number of hydrogen-bond acceptors (Lipinski definition) is 4. The van der Waals surface area contributed by atoms with E-state index in [-0.39, 0.29) is 30.5 Å². The fourth-order valence-electron chi connectivity index (χ4n) is 2.59. The third kappa shape index (κ3) is 7.52. The number of rotatable bonds is 5. The van der Waals surface area contributed by atoms with Crippen LogP contribution in [0.25, 0.3) is 0 Å². The predicted molar refractivity (Wildman–Crippen MR) is 108 cm³/mol. The molecule has 2 rings (SSSR count). The summed E-state index contributed by atoms with van der Waals surface area (Å²) in [4.78, 5) is 12.9. The lowest BCUT2D eigenvalue weighted by Gasteiger charge is -2.34. The molecule has 0 spiro atoms. The molecule has 148 valence electrons. The lowest BCUT2D eigenvalue weighted by Crippen LogP contribution is -2.45. The highest BCUT2D eigenvalue weighted by molar-refractivity contribution is 14.0. The van der Waals surface area contributed by atoms with Gasteiger partial charge in [-0.2, -0.15) is 13.2 Å². The molecule has 1 saturated heterocycles. The predicted octanol–water partition coefficient (Wildman–Crippen LogP) is 2.07. The molecule has 1 aromatic rings. The molecule has 1 fully saturated rings. The van der Waals surface area contributed by atoms with Crippen LogP contribution in [-0.2, 0) is 6.54 Å². The van der Waals surface area contributed by atoms with Crippen LogP contribution >= 0.6 is 24.0 Å². The van der Waals surface area contributed by atoms with Gasteiger partial charge in [0.1, 0.15) is 5.82 Å². The molecule has 1 aromatic heterocycles. The number of aliphatic imine (C=N–C) groups is 1. The minimum atomic E-state index is -4.18. The largest absolute Gasteiger partial charge is 0.390 e. The van der Waals surface area contributed by atoms with Crippen molar-refractivity contribution in [2.75, 3.05) is 51.7 Å². The van der Waals surface area contributed by atoms with Crippen molar-refractivity contribution in [2.45, 2.75) is 19.1 Å². The van der Waals surface area contributed by atoms with Crippen molar-refractivity contribution >= 4 is 35.8 Å². The molecule has 10 heteroatoms. The number of hydrogen-bond donors (Lipinski definition) is 2. The van der Waals surface area contributed by atoms with E-state index < -0.39 is 12.6 Å². The Hall–Kier alpha value is -1.30. The standard InChI is InChI=1S/C16H25F3N6.HI/c1-20-15(22-7-5-16(17,18)19)23-12-13-4-3-6-21-14(13)25-10-8-24(2)9-11-25;/h3-4,6H,5,7-12H2,1-2H3,(H2,20,22,23);1H. The molecule has 1 aliphatic rings. The summed E-state index contributed by atoms with van der Waals surface area (Å²) < 4.78 is 36.7. The normalized spacial score (nSPS) is 16.2. The van der Waals surface area contributed by atoms with E-state index in [0.29, 0.717) is 12.5 Å². The second kappa shape index (κ2) is 10.8. The topological polar surface area (TPSA) is 55.8 Å². The number of aromatic nitrogens is 1. The highest BCUT2D eigenvalue weighted by Gasteiger charge is 2.26. The first-order chi connectivity index (χ1) is 11.9. The summed E-state index contributed by atoms with van der Waals surface area (Å²) in [5, 5.41) is 5.73. The van der Waals surface area contributed by atoms with Crippen molar-refractivity contribution in [1.29, 1.82) is 0 Å². The van der Waals surface area contributed by atoms with Crippen molar-refractivity contribution in [3.05, 3.63) is 23.9 Å². The summed E-state index contributed by atoms with van der Waals surface area (Å²) >= 11 is 0. The molecule has 2 N–H and O–H groups in total. The van der Waals surface area contributed by atoms with E-state index in [9.17, 15) is 13.2 Å². The maximum absolute atomic E-state index is 12.2. The zero-order valence-corrected chi connectivity index (χ0v) is 17.3. The van der Waals surface area contributed by atoms with E-state index in [4.69, 9.17) is 0 Å². The highest BCUT2D eigenvalue weighted by atomic mass is 127. The fraction of sp³-hybridized carbons (Fsp3) is 0.625. The molecule has 0 aliphatic carbocycles. The Morgan fingerprint density at radius 2 is 1.92 bits per heavy atom. The first kappa shape index (κ1) is 22.7. The average molecular weight is 486 g/mol. The van der Waals surface area contributed by atoms with E-state index in [2.05, 4.69) is 37.5 Å². The molecule has 0 atom stereocenters. The Balaban J connectivity index is 0.00000338. The van der Waals surface area contributed by atoms with Gasteiger partial charge in [-0.1, -0.05) is 6.07 Å². The molecule has 0 aromatic carbocycles. The number of piperazine rings is 1. The third-order valence-electron chi connectivity index (χ3n) is 4.04. The Morgan fingerprint density at radius 1 is 1.23 bits per heavy atom. The fourth-order valence-corrected chi connectivity index (χ4v) is 2.59. The summed E-state index contributed by atoms with van der Waals surface area (Å²) in [6, 6.07) is 3.83. The van der Waals surface area contributed by atoms with E-state index in [0.717, 1.165) is 37.6 Å². The van der Waals surface area contributed by atoms with Gasteiger partial charge in [0, 0.05) is 58.1 Å². The molecule has 0 saturated carbocycles. The molecular formula is C16H26F3IN6. The quantitative estimate of drug-likeness (QED) is 0.380. The minimum absolute atomic E-state index is 0. The molecule has 0 unspecified atom stereocenters. The van der Waals surface area contributed by atoms with Crippen molar-refractivity contribution in [3.8, 4) is 0 Å². The van der Waals surface area contributed by atoms with Crippen LogP contribution in [0, 0.1) is 0 Å². The van der Waals surface area contributed by atoms with Crippen molar-refractivity contribution in [2.24, 2.45) is 4.99 Å². The summed E-state index contributed by atoms with van der Waals surface area (Å²) in [6.45, 7) is 4.00. The Morgan fingerprint density at radius 3 is 2.54 bits per heavy atom. The molecule has 0 radical (unpaired) electrons. The van der Waals surface area contributed by atoms with Crippen LogP contribution in [0.1, 0.15) is 12.0 Å². The number of anilines is 1. The lowest BCUT2D eigenvalue weighted by atomic mass is 10.2. The maximum Gasteiger partial charge on any atom is 0.390 e. The van der Waals surface area contributed by atoms with E-state index in [1.54, 1.807) is 6.20 Å². The van der Waals surface area contributed by atoms with E-state index >= 15 is 0 Å². The zero-order valence-electron chi connectivity index (χ0n) is 15.0. The summed E-state index contributed by atoms with van der Waals surface area (Å²) in [6.07, 6.45) is -3.31. The second-order valence-electron chi connectivity index (χ2n) is 5.99. The second-order valence-corrected chi connectivity index (χ2v) is 5.99. The summed E-state index contributed by atoms with van der Waals surface area (Å²) in [7, 11) is 3.63. The number of pyridine rings is 1. The van der Waals surface area contributed by atoms with Gasteiger partial charge < -0.3 is 20.4 Å². The Kier molecular flexibility index (Phi) is 9.41. The van der Waals surface area contributed by atoms with Crippen LogP contribution in [0.3, 0.4) is 0 Å². The van der Waals surface area contributed by atoms with Crippen LogP contribution in [0.4, 0.5) is 19.0 Å². The molecule has 6 nitrogen and oxygen atoms in total. The first-order valence-electron chi connectivity index (χ1n) is 8.27. The van der Waals surface area contributed by atoms with Crippen molar-refractivity contribution in [1.82, 2.24) is 20.5 Å². The number of alkyl halides is 3. The molecule has 1 aliphatic heterocycles. The van der Waals surface area contributed by atoms with Crippen LogP contribution in [0.15, 0.2) is 23.3 Å². The average Bonchev–Trinajstić information content (AvgIpc) is 2.58. The molecular weight excluding hydrogens is 460 g/mol. The summed E-state index contributed by atoms with van der Waals surface area (Å²) in [5.41, 5.74) is 0.992.